The normalized spacial score (nSPS) is 20.1. The van der Waals surface area contributed by atoms with E-state index in [4.69, 9.17) is 0 Å². The van der Waals surface area contributed by atoms with E-state index in [1.54, 1.807) is 0 Å². The zero-order chi connectivity index (χ0) is 16.5. The van der Waals surface area contributed by atoms with Crippen molar-refractivity contribution in [3.63, 3.8) is 0 Å². The van der Waals surface area contributed by atoms with E-state index in [0.717, 1.165) is 6.42 Å². The van der Waals surface area contributed by atoms with Gasteiger partial charge in [0.15, 0.2) is 0 Å². The van der Waals surface area contributed by atoms with Crippen molar-refractivity contribution >= 4 is 11.3 Å². The number of hydrogen-bond acceptors (Lipinski definition) is 2. The summed E-state index contributed by atoms with van der Waals surface area (Å²) < 4.78 is 0. The first-order valence-corrected chi connectivity index (χ1v) is 9.48. The molecular weight excluding hydrogens is 310 g/mol. The van der Waals surface area contributed by atoms with Gasteiger partial charge >= 0.3 is 0 Å². The van der Waals surface area contributed by atoms with Gasteiger partial charge in [0.1, 0.15) is 0 Å². The first-order valence-electron chi connectivity index (χ1n) is 8.60. The predicted octanol–water partition coefficient (Wildman–Crippen LogP) is 5.42. The molecule has 2 atom stereocenters. The number of thiophene rings is 1. The first kappa shape index (κ1) is 15.6. The smallest absolute Gasteiger partial charge is 0.0342 e. The summed E-state index contributed by atoms with van der Waals surface area (Å²) in [4.78, 5) is 3.73. The second-order valence-corrected chi connectivity index (χ2v) is 7.86. The van der Waals surface area contributed by atoms with E-state index >= 15 is 0 Å². The fourth-order valence-corrected chi connectivity index (χ4v) is 4.58. The van der Waals surface area contributed by atoms with Crippen molar-refractivity contribution in [2.45, 2.75) is 24.8 Å². The number of hydrogen-bond donors (Lipinski definition) is 0. The Kier molecular flexibility index (Phi) is 4.26. The largest absolute Gasteiger partial charge is 0.306 e. The average molecular weight is 334 g/mol. The van der Waals surface area contributed by atoms with Crippen LogP contribution in [0, 0.1) is 0 Å². The Hall–Kier alpha value is -1.90. The van der Waals surface area contributed by atoms with Crippen molar-refractivity contribution in [2.75, 3.05) is 14.1 Å². The van der Waals surface area contributed by atoms with E-state index in [-0.39, 0.29) is 0 Å². The summed E-state index contributed by atoms with van der Waals surface area (Å²) in [6, 6.07) is 23.1. The molecule has 0 radical (unpaired) electrons. The van der Waals surface area contributed by atoms with Crippen LogP contribution in [-0.2, 0) is 6.42 Å². The average Bonchev–Trinajstić information content (AvgIpc) is 3.15. The van der Waals surface area contributed by atoms with E-state index < -0.39 is 0 Å². The lowest BCUT2D eigenvalue weighted by Crippen LogP contribution is -2.35. The summed E-state index contributed by atoms with van der Waals surface area (Å²) in [6.45, 7) is 0. The van der Waals surface area contributed by atoms with Crippen molar-refractivity contribution in [3.05, 3.63) is 82.7 Å². The van der Waals surface area contributed by atoms with Crippen LogP contribution in [-0.4, -0.2) is 25.0 Å². The Bertz CT molecular complexity index is 820. The lowest BCUT2D eigenvalue weighted by molar-refractivity contribution is 0.258. The monoisotopic (exact) mass is 333 g/mol. The predicted molar refractivity (Wildman–Crippen MR) is 104 cm³/mol. The van der Waals surface area contributed by atoms with Gasteiger partial charge in [-0.2, -0.15) is 0 Å². The molecule has 3 aromatic rings. The molecule has 0 bridgehead atoms. The van der Waals surface area contributed by atoms with Crippen LogP contribution in [0.15, 0.2) is 66.0 Å². The van der Waals surface area contributed by atoms with E-state index in [1.807, 2.05) is 11.3 Å². The summed E-state index contributed by atoms with van der Waals surface area (Å²) in [7, 11) is 4.41. The molecule has 4 rings (SSSR count). The molecule has 0 fully saturated rings. The molecule has 0 amide bonds. The minimum Gasteiger partial charge on any atom is -0.306 e. The second-order valence-electron chi connectivity index (χ2n) is 6.91. The third-order valence-electron chi connectivity index (χ3n) is 5.22. The zero-order valence-corrected chi connectivity index (χ0v) is 15.1. The van der Waals surface area contributed by atoms with E-state index in [1.165, 1.54) is 33.6 Å². The number of likely N-dealkylation sites (N-methyl/N-ethyl adjacent to an activating group) is 1. The Morgan fingerprint density at radius 2 is 1.83 bits per heavy atom. The molecule has 1 heterocycles. The molecule has 1 aliphatic rings. The summed E-state index contributed by atoms with van der Waals surface area (Å²) >= 11 is 1.81. The lowest BCUT2D eigenvalue weighted by atomic mass is 9.76. The van der Waals surface area contributed by atoms with Gasteiger partial charge in [0.05, 0.1) is 0 Å². The van der Waals surface area contributed by atoms with Gasteiger partial charge in [-0.25, -0.2) is 0 Å². The van der Waals surface area contributed by atoms with Crippen LogP contribution in [0.25, 0.3) is 10.4 Å². The molecule has 0 spiro atoms. The fraction of sp³-hybridized carbons (Fsp3) is 0.273. The summed E-state index contributed by atoms with van der Waals surface area (Å²) in [6.07, 6.45) is 2.35. The Morgan fingerprint density at radius 1 is 0.958 bits per heavy atom. The van der Waals surface area contributed by atoms with Crippen LogP contribution in [0.2, 0.25) is 0 Å². The highest BCUT2D eigenvalue weighted by atomic mass is 32.1. The maximum atomic E-state index is 2.39. The molecule has 1 nitrogen and oxygen atoms in total. The van der Waals surface area contributed by atoms with Gasteiger partial charge in [0.25, 0.3) is 0 Å². The van der Waals surface area contributed by atoms with Crippen LogP contribution in [0.4, 0.5) is 0 Å². The minimum absolute atomic E-state index is 0.488. The highest BCUT2D eigenvalue weighted by molar-refractivity contribution is 7.13. The molecule has 0 saturated heterocycles. The van der Waals surface area contributed by atoms with Crippen LogP contribution in [0.5, 0.6) is 0 Å². The molecule has 1 aliphatic carbocycles. The van der Waals surface area contributed by atoms with E-state index in [2.05, 4.69) is 85.0 Å². The minimum atomic E-state index is 0.488. The van der Waals surface area contributed by atoms with Crippen molar-refractivity contribution in [2.24, 2.45) is 0 Å². The third kappa shape index (κ3) is 2.92. The Balaban J connectivity index is 1.76. The second kappa shape index (κ2) is 6.54. The molecule has 2 heteroatoms. The van der Waals surface area contributed by atoms with Crippen molar-refractivity contribution in [1.29, 1.82) is 0 Å². The molecular formula is C22H23NS. The summed E-state index contributed by atoms with van der Waals surface area (Å²) in [5.41, 5.74) is 5.81. The molecule has 1 aromatic heterocycles. The number of benzene rings is 2. The van der Waals surface area contributed by atoms with Crippen molar-refractivity contribution < 1.29 is 0 Å². The highest BCUT2D eigenvalue weighted by Crippen LogP contribution is 2.39. The van der Waals surface area contributed by atoms with Gasteiger partial charge in [0, 0.05) is 16.8 Å². The quantitative estimate of drug-likeness (QED) is 0.618. The maximum Gasteiger partial charge on any atom is 0.0342 e. The third-order valence-corrected chi connectivity index (χ3v) is 6.14. The number of nitrogens with zero attached hydrogens (tertiary/aromatic N) is 1. The summed E-state index contributed by atoms with van der Waals surface area (Å²) in [5.74, 6) is 0.488. The van der Waals surface area contributed by atoms with Crippen molar-refractivity contribution in [1.82, 2.24) is 4.90 Å². The SMILES string of the molecule is CN(C)[C@@H]1Cc2ccccc2[C@@H](c2cccc(-c3cccs3)c2)C1. The zero-order valence-electron chi connectivity index (χ0n) is 14.3. The highest BCUT2D eigenvalue weighted by Gasteiger charge is 2.29. The van der Waals surface area contributed by atoms with Gasteiger partial charge in [-0.1, -0.05) is 48.5 Å². The Labute approximate surface area is 148 Å². The van der Waals surface area contributed by atoms with E-state index in [0.29, 0.717) is 12.0 Å². The van der Waals surface area contributed by atoms with E-state index in [9.17, 15) is 0 Å². The van der Waals surface area contributed by atoms with Crippen LogP contribution < -0.4 is 0 Å². The first-order chi connectivity index (χ1) is 11.7. The molecule has 2 aromatic carbocycles. The molecule has 122 valence electrons. The van der Waals surface area contributed by atoms with Gasteiger partial charge in [0.2, 0.25) is 0 Å². The molecule has 24 heavy (non-hydrogen) atoms. The van der Waals surface area contributed by atoms with Crippen LogP contribution >= 0.6 is 11.3 Å². The number of rotatable bonds is 3. The summed E-state index contributed by atoms with van der Waals surface area (Å²) in [5, 5.41) is 2.15. The van der Waals surface area contributed by atoms with Crippen molar-refractivity contribution in [3.8, 4) is 10.4 Å². The van der Waals surface area contributed by atoms with Gasteiger partial charge in [-0.15, -0.1) is 11.3 Å². The lowest BCUT2D eigenvalue weighted by Gasteiger charge is -2.35. The van der Waals surface area contributed by atoms with Gasteiger partial charge in [-0.3, -0.25) is 0 Å². The maximum absolute atomic E-state index is 2.39. The van der Waals surface area contributed by atoms with Gasteiger partial charge < -0.3 is 4.90 Å². The molecule has 0 saturated carbocycles. The topological polar surface area (TPSA) is 3.24 Å². The van der Waals surface area contributed by atoms with Gasteiger partial charge in [-0.05, 0) is 66.7 Å². The number of fused-ring (bicyclic) bond motifs is 1. The van der Waals surface area contributed by atoms with Crippen LogP contribution in [0.3, 0.4) is 0 Å². The Morgan fingerprint density at radius 3 is 2.62 bits per heavy atom. The standard InChI is InChI=1S/C22H23NS/c1-23(2)19-14-17-7-3-4-10-20(17)21(15-19)16-8-5-9-18(13-16)22-11-6-12-24-22/h3-13,19,21H,14-15H2,1-2H3/t19-,21-/m1/s1. The fourth-order valence-electron chi connectivity index (χ4n) is 3.86. The van der Waals surface area contributed by atoms with Crippen LogP contribution in [0.1, 0.15) is 29.0 Å². The molecule has 0 aliphatic heterocycles. The molecule has 0 unspecified atom stereocenters. The molecule has 0 N–H and O–H groups in total.